The van der Waals surface area contributed by atoms with Crippen molar-refractivity contribution in [2.75, 3.05) is 26.2 Å². The number of piperidine rings is 1. The molecule has 1 aliphatic heterocycles. The van der Waals surface area contributed by atoms with Gasteiger partial charge < -0.3 is 15.5 Å². The minimum absolute atomic E-state index is 0.104. The predicted molar refractivity (Wildman–Crippen MR) is 79.3 cm³/mol. The number of carbonyl (C=O) groups excluding carboxylic acids is 1. The first-order valence-electron chi connectivity index (χ1n) is 7.37. The fraction of sp³-hybridized carbons (Fsp3) is 0.600. The summed E-state index contributed by atoms with van der Waals surface area (Å²) in [5.74, 6) is 0.850. The number of carbonyl (C=O) groups is 1. The molecule has 2 N–H and O–H groups in total. The first-order valence-corrected chi connectivity index (χ1v) is 7.37. The first-order chi connectivity index (χ1) is 9.74. The summed E-state index contributed by atoms with van der Waals surface area (Å²) in [5, 5.41) is 5.75. The second kappa shape index (κ2) is 7.85. The number of urea groups is 1. The van der Waals surface area contributed by atoms with Gasteiger partial charge in [-0.05, 0) is 49.5 Å². The number of hydrogen-bond donors (Lipinski definition) is 2. The van der Waals surface area contributed by atoms with Gasteiger partial charge in [-0.25, -0.2) is 4.79 Å². The minimum atomic E-state index is -0.104. The van der Waals surface area contributed by atoms with E-state index in [1.54, 1.807) is 12.4 Å². The molecule has 5 heteroatoms. The Morgan fingerprint density at radius 1 is 1.30 bits per heavy atom. The van der Waals surface area contributed by atoms with E-state index < -0.39 is 0 Å². The second-order valence-electron chi connectivity index (χ2n) is 5.49. The molecular weight excluding hydrogens is 252 g/mol. The quantitative estimate of drug-likeness (QED) is 0.859. The third kappa shape index (κ3) is 5.17. The zero-order chi connectivity index (χ0) is 14.2. The highest BCUT2D eigenvalue weighted by molar-refractivity contribution is 5.73. The van der Waals surface area contributed by atoms with Crippen molar-refractivity contribution in [1.82, 2.24) is 20.5 Å². The number of amides is 2. The number of hydrogen-bond acceptors (Lipinski definition) is 3. The number of aromatic nitrogens is 1. The van der Waals surface area contributed by atoms with Gasteiger partial charge in [0.1, 0.15) is 0 Å². The van der Waals surface area contributed by atoms with E-state index in [9.17, 15) is 4.79 Å². The average molecular weight is 276 g/mol. The van der Waals surface area contributed by atoms with E-state index in [1.165, 1.54) is 12.8 Å². The molecule has 1 aliphatic rings. The van der Waals surface area contributed by atoms with Crippen LogP contribution in [0.15, 0.2) is 24.5 Å². The Bertz CT molecular complexity index is 402. The summed E-state index contributed by atoms with van der Waals surface area (Å²) >= 11 is 0. The number of nitrogens with zero attached hydrogens (tertiary/aromatic N) is 2. The minimum Gasteiger partial charge on any atom is -0.337 e. The Balaban J connectivity index is 1.56. The lowest BCUT2D eigenvalue weighted by Crippen LogP contribution is -2.42. The van der Waals surface area contributed by atoms with Crippen molar-refractivity contribution < 1.29 is 4.79 Å². The Morgan fingerprint density at radius 2 is 2.00 bits per heavy atom. The molecule has 0 aliphatic carbocycles. The molecule has 0 radical (unpaired) electrons. The average Bonchev–Trinajstić information content (AvgIpc) is 2.48. The van der Waals surface area contributed by atoms with Crippen LogP contribution < -0.4 is 10.6 Å². The summed E-state index contributed by atoms with van der Waals surface area (Å²) in [5.41, 5.74) is 1.06. The summed E-state index contributed by atoms with van der Waals surface area (Å²) in [4.78, 5) is 18.0. The molecule has 110 valence electrons. The third-order valence-corrected chi connectivity index (χ3v) is 3.79. The summed E-state index contributed by atoms with van der Waals surface area (Å²) < 4.78 is 0. The first kappa shape index (κ1) is 14.8. The van der Waals surface area contributed by atoms with Gasteiger partial charge >= 0.3 is 6.03 Å². The van der Waals surface area contributed by atoms with E-state index in [1.807, 2.05) is 12.1 Å². The van der Waals surface area contributed by atoms with Crippen molar-refractivity contribution in [3.63, 3.8) is 0 Å². The normalized spacial score (nSPS) is 16.9. The van der Waals surface area contributed by atoms with Crippen LogP contribution in [0.1, 0.15) is 25.3 Å². The van der Waals surface area contributed by atoms with Gasteiger partial charge in [-0.1, -0.05) is 6.92 Å². The molecule has 1 aromatic rings. The number of rotatable bonds is 5. The molecule has 0 spiro atoms. The van der Waals surface area contributed by atoms with Crippen LogP contribution in [0.3, 0.4) is 0 Å². The molecule has 0 atom stereocenters. The van der Waals surface area contributed by atoms with E-state index in [2.05, 4.69) is 27.4 Å². The highest BCUT2D eigenvalue weighted by Crippen LogP contribution is 2.14. The molecule has 0 saturated carbocycles. The standard InChI is InChI=1S/C15H24N4O/c1-13-4-9-19(10-5-13)11-8-17-15(20)18-12-14-2-6-16-7-3-14/h2-3,6-7,13H,4-5,8-12H2,1H3,(H2,17,18,20). The van der Waals surface area contributed by atoms with Crippen LogP contribution in [0.25, 0.3) is 0 Å². The van der Waals surface area contributed by atoms with Crippen LogP contribution in [-0.4, -0.2) is 42.1 Å². The lowest BCUT2D eigenvalue weighted by atomic mass is 9.99. The highest BCUT2D eigenvalue weighted by atomic mass is 16.2. The number of nitrogens with one attached hydrogen (secondary N) is 2. The van der Waals surface area contributed by atoms with Gasteiger partial charge in [0, 0.05) is 32.0 Å². The molecule has 0 unspecified atom stereocenters. The maximum atomic E-state index is 11.7. The van der Waals surface area contributed by atoms with E-state index in [0.717, 1.165) is 31.1 Å². The lowest BCUT2D eigenvalue weighted by molar-refractivity contribution is 0.191. The van der Waals surface area contributed by atoms with Crippen molar-refractivity contribution in [2.45, 2.75) is 26.3 Å². The topological polar surface area (TPSA) is 57.3 Å². The van der Waals surface area contributed by atoms with Crippen LogP contribution >= 0.6 is 0 Å². The highest BCUT2D eigenvalue weighted by Gasteiger charge is 2.14. The molecule has 2 heterocycles. The second-order valence-corrected chi connectivity index (χ2v) is 5.49. The fourth-order valence-electron chi connectivity index (χ4n) is 2.36. The van der Waals surface area contributed by atoms with Crippen LogP contribution in [0, 0.1) is 5.92 Å². The van der Waals surface area contributed by atoms with Crippen molar-refractivity contribution in [3.8, 4) is 0 Å². The Morgan fingerprint density at radius 3 is 2.70 bits per heavy atom. The molecule has 0 aromatic carbocycles. The number of likely N-dealkylation sites (tertiary alicyclic amines) is 1. The summed E-state index contributed by atoms with van der Waals surface area (Å²) in [6.07, 6.45) is 6.00. The van der Waals surface area contributed by atoms with Crippen LogP contribution in [0.4, 0.5) is 4.79 Å². The zero-order valence-corrected chi connectivity index (χ0v) is 12.1. The van der Waals surface area contributed by atoms with E-state index in [4.69, 9.17) is 0 Å². The molecule has 1 saturated heterocycles. The van der Waals surface area contributed by atoms with Gasteiger partial charge in [0.25, 0.3) is 0 Å². The van der Waals surface area contributed by atoms with E-state index >= 15 is 0 Å². The monoisotopic (exact) mass is 276 g/mol. The van der Waals surface area contributed by atoms with Crippen molar-refractivity contribution in [1.29, 1.82) is 0 Å². The number of pyridine rings is 1. The summed E-state index contributed by atoms with van der Waals surface area (Å²) in [7, 11) is 0. The molecule has 20 heavy (non-hydrogen) atoms. The van der Waals surface area contributed by atoms with Gasteiger partial charge in [0.05, 0.1) is 0 Å². The van der Waals surface area contributed by atoms with Crippen LogP contribution in [-0.2, 0) is 6.54 Å². The van der Waals surface area contributed by atoms with Crippen molar-refractivity contribution >= 4 is 6.03 Å². The largest absolute Gasteiger partial charge is 0.337 e. The van der Waals surface area contributed by atoms with Gasteiger partial charge in [0.15, 0.2) is 0 Å². The molecular formula is C15H24N4O. The van der Waals surface area contributed by atoms with Gasteiger partial charge in [-0.15, -0.1) is 0 Å². The Labute approximate surface area is 120 Å². The smallest absolute Gasteiger partial charge is 0.315 e. The van der Waals surface area contributed by atoms with E-state index in [0.29, 0.717) is 13.1 Å². The predicted octanol–water partition coefficient (Wildman–Crippen LogP) is 1.61. The molecule has 0 bridgehead atoms. The third-order valence-electron chi connectivity index (χ3n) is 3.79. The van der Waals surface area contributed by atoms with E-state index in [-0.39, 0.29) is 6.03 Å². The fourth-order valence-corrected chi connectivity index (χ4v) is 2.36. The SMILES string of the molecule is CC1CCN(CCNC(=O)NCc2ccncc2)CC1. The maximum absolute atomic E-state index is 11.7. The molecule has 1 aromatic heterocycles. The molecule has 1 fully saturated rings. The summed E-state index contributed by atoms with van der Waals surface area (Å²) in [6.45, 7) is 6.80. The van der Waals surface area contributed by atoms with Gasteiger partial charge in [0.2, 0.25) is 0 Å². The van der Waals surface area contributed by atoms with Crippen molar-refractivity contribution in [2.24, 2.45) is 5.92 Å². The van der Waals surface area contributed by atoms with Gasteiger partial charge in [-0.2, -0.15) is 0 Å². The van der Waals surface area contributed by atoms with Crippen LogP contribution in [0.5, 0.6) is 0 Å². The lowest BCUT2D eigenvalue weighted by Gasteiger charge is -2.30. The summed E-state index contributed by atoms with van der Waals surface area (Å²) in [6, 6.07) is 3.69. The molecule has 5 nitrogen and oxygen atoms in total. The zero-order valence-electron chi connectivity index (χ0n) is 12.1. The molecule has 2 rings (SSSR count). The van der Waals surface area contributed by atoms with Crippen LogP contribution in [0.2, 0.25) is 0 Å². The Kier molecular flexibility index (Phi) is 5.80. The Hall–Kier alpha value is -1.62. The van der Waals surface area contributed by atoms with Crippen molar-refractivity contribution in [3.05, 3.63) is 30.1 Å². The molecule has 2 amide bonds. The van der Waals surface area contributed by atoms with Gasteiger partial charge in [-0.3, -0.25) is 4.98 Å². The maximum Gasteiger partial charge on any atom is 0.315 e.